The standard InChI is InChI=1S/C20H20ClNO2/c1-14-10-11-20(19(12-23)22-14)24-13-15-6-2-3-7-16(15)17-8-4-5-9-18(17)21/h4-5,8-12H,2-3,6-7,13H2,1H3. The summed E-state index contributed by atoms with van der Waals surface area (Å²) < 4.78 is 5.92. The molecule has 1 aliphatic rings. The molecule has 0 atom stereocenters. The number of allylic oxidation sites excluding steroid dienone is 1. The molecule has 0 aliphatic heterocycles. The minimum Gasteiger partial charge on any atom is -0.487 e. The first kappa shape index (κ1) is 16.7. The van der Waals surface area contributed by atoms with E-state index in [4.69, 9.17) is 16.3 Å². The predicted octanol–water partition coefficient (Wildman–Crippen LogP) is 5.26. The van der Waals surface area contributed by atoms with Gasteiger partial charge in [-0.2, -0.15) is 0 Å². The van der Waals surface area contributed by atoms with Crippen LogP contribution in [0.1, 0.15) is 47.4 Å². The fourth-order valence-electron chi connectivity index (χ4n) is 3.09. The van der Waals surface area contributed by atoms with Gasteiger partial charge in [-0.05, 0) is 67.5 Å². The van der Waals surface area contributed by atoms with Gasteiger partial charge in [0.25, 0.3) is 0 Å². The molecular weight excluding hydrogens is 322 g/mol. The van der Waals surface area contributed by atoms with Crippen LogP contribution in [0.4, 0.5) is 0 Å². The van der Waals surface area contributed by atoms with Crippen LogP contribution in [0.5, 0.6) is 5.75 Å². The number of ether oxygens (including phenoxy) is 1. The maximum Gasteiger partial charge on any atom is 0.172 e. The summed E-state index contributed by atoms with van der Waals surface area (Å²) in [5.41, 5.74) is 4.78. The second-order valence-corrected chi connectivity index (χ2v) is 6.42. The molecule has 0 amide bonds. The van der Waals surface area contributed by atoms with Gasteiger partial charge in [-0.15, -0.1) is 0 Å². The van der Waals surface area contributed by atoms with Crippen molar-refractivity contribution in [1.29, 1.82) is 0 Å². The number of hydrogen-bond donors (Lipinski definition) is 0. The maximum atomic E-state index is 11.2. The lowest BCUT2D eigenvalue weighted by Crippen LogP contribution is -2.10. The van der Waals surface area contributed by atoms with Crippen LogP contribution in [0.15, 0.2) is 42.0 Å². The zero-order chi connectivity index (χ0) is 16.9. The molecule has 0 bridgehead atoms. The number of rotatable bonds is 5. The first-order valence-corrected chi connectivity index (χ1v) is 8.58. The molecule has 3 rings (SSSR count). The number of halogens is 1. The predicted molar refractivity (Wildman–Crippen MR) is 96.7 cm³/mol. The second-order valence-electron chi connectivity index (χ2n) is 6.01. The van der Waals surface area contributed by atoms with Crippen LogP contribution in [0, 0.1) is 6.92 Å². The summed E-state index contributed by atoms with van der Waals surface area (Å²) in [6, 6.07) is 11.6. The summed E-state index contributed by atoms with van der Waals surface area (Å²) in [6.45, 7) is 2.32. The Morgan fingerprint density at radius 2 is 1.96 bits per heavy atom. The van der Waals surface area contributed by atoms with Gasteiger partial charge in [0, 0.05) is 10.7 Å². The van der Waals surface area contributed by atoms with E-state index in [-0.39, 0.29) is 0 Å². The van der Waals surface area contributed by atoms with Crippen molar-refractivity contribution in [1.82, 2.24) is 4.98 Å². The number of aromatic nitrogens is 1. The van der Waals surface area contributed by atoms with E-state index in [1.54, 1.807) is 0 Å². The first-order chi connectivity index (χ1) is 11.7. The third-order valence-corrected chi connectivity index (χ3v) is 4.65. The monoisotopic (exact) mass is 341 g/mol. The molecule has 4 heteroatoms. The van der Waals surface area contributed by atoms with Gasteiger partial charge in [0.1, 0.15) is 18.1 Å². The van der Waals surface area contributed by atoms with E-state index in [1.807, 2.05) is 37.3 Å². The van der Waals surface area contributed by atoms with Crippen molar-refractivity contribution < 1.29 is 9.53 Å². The summed E-state index contributed by atoms with van der Waals surface area (Å²) in [5, 5.41) is 0.775. The highest BCUT2D eigenvalue weighted by Crippen LogP contribution is 2.36. The van der Waals surface area contributed by atoms with E-state index >= 15 is 0 Å². The summed E-state index contributed by atoms with van der Waals surface area (Å²) in [4.78, 5) is 15.4. The van der Waals surface area contributed by atoms with Gasteiger partial charge in [0.05, 0.1) is 0 Å². The van der Waals surface area contributed by atoms with Crippen molar-refractivity contribution in [3.05, 3.63) is 63.9 Å². The minimum absolute atomic E-state index is 0.353. The van der Waals surface area contributed by atoms with Crippen LogP contribution in [-0.4, -0.2) is 17.9 Å². The van der Waals surface area contributed by atoms with E-state index in [0.717, 1.165) is 48.2 Å². The summed E-state index contributed by atoms with van der Waals surface area (Å²) >= 11 is 6.37. The van der Waals surface area contributed by atoms with Crippen LogP contribution in [0.25, 0.3) is 5.57 Å². The van der Waals surface area contributed by atoms with Crippen molar-refractivity contribution >= 4 is 23.5 Å². The topological polar surface area (TPSA) is 39.2 Å². The zero-order valence-electron chi connectivity index (χ0n) is 13.7. The Morgan fingerprint density at radius 3 is 2.75 bits per heavy atom. The van der Waals surface area contributed by atoms with Gasteiger partial charge < -0.3 is 4.74 Å². The van der Waals surface area contributed by atoms with Gasteiger partial charge in [-0.3, -0.25) is 4.79 Å². The highest BCUT2D eigenvalue weighted by Gasteiger charge is 2.17. The van der Waals surface area contributed by atoms with Gasteiger partial charge in [-0.1, -0.05) is 29.8 Å². The minimum atomic E-state index is 0.353. The van der Waals surface area contributed by atoms with Crippen LogP contribution < -0.4 is 4.74 Å². The summed E-state index contributed by atoms with van der Waals surface area (Å²) in [5.74, 6) is 0.534. The number of aryl methyl sites for hydroxylation is 1. The van der Waals surface area contributed by atoms with Crippen molar-refractivity contribution in [2.45, 2.75) is 32.6 Å². The van der Waals surface area contributed by atoms with Gasteiger partial charge in [0.2, 0.25) is 0 Å². The summed E-state index contributed by atoms with van der Waals surface area (Å²) in [7, 11) is 0. The van der Waals surface area contributed by atoms with E-state index in [0.29, 0.717) is 18.1 Å². The van der Waals surface area contributed by atoms with Crippen molar-refractivity contribution in [2.24, 2.45) is 0 Å². The Labute approximate surface area is 147 Å². The lowest BCUT2D eigenvalue weighted by Gasteiger charge is -2.22. The molecule has 24 heavy (non-hydrogen) atoms. The van der Waals surface area contributed by atoms with E-state index in [2.05, 4.69) is 11.1 Å². The average Bonchev–Trinajstić information content (AvgIpc) is 2.61. The number of aldehydes is 1. The number of carbonyl (C=O) groups excluding carboxylic acids is 1. The van der Waals surface area contributed by atoms with E-state index < -0.39 is 0 Å². The molecule has 2 aromatic rings. The molecule has 1 heterocycles. The molecule has 0 spiro atoms. The smallest absolute Gasteiger partial charge is 0.172 e. The summed E-state index contributed by atoms with van der Waals surface area (Å²) in [6.07, 6.45) is 5.06. The highest BCUT2D eigenvalue weighted by atomic mass is 35.5. The van der Waals surface area contributed by atoms with Crippen LogP contribution >= 0.6 is 11.6 Å². The number of hydrogen-bond acceptors (Lipinski definition) is 3. The molecule has 0 fully saturated rings. The van der Waals surface area contributed by atoms with Gasteiger partial charge >= 0.3 is 0 Å². The van der Waals surface area contributed by atoms with Crippen LogP contribution in [-0.2, 0) is 0 Å². The third-order valence-electron chi connectivity index (χ3n) is 4.32. The average molecular weight is 342 g/mol. The van der Waals surface area contributed by atoms with E-state index in [9.17, 15) is 4.79 Å². The molecule has 3 nitrogen and oxygen atoms in total. The molecule has 0 saturated heterocycles. The molecule has 1 aromatic heterocycles. The molecule has 1 aliphatic carbocycles. The Kier molecular flexibility index (Phi) is 5.31. The molecule has 124 valence electrons. The Morgan fingerprint density at radius 1 is 1.17 bits per heavy atom. The molecular formula is C20H20ClNO2. The zero-order valence-corrected chi connectivity index (χ0v) is 14.5. The Hall–Kier alpha value is -2.13. The molecule has 0 unspecified atom stereocenters. The van der Waals surface area contributed by atoms with Crippen molar-refractivity contribution in [2.75, 3.05) is 6.61 Å². The maximum absolute atomic E-state index is 11.2. The largest absolute Gasteiger partial charge is 0.487 e. The normalized spacial score (nSPS) is 14.6. The third kappa shape index (κ3) is 3.68. The lowest BCUT2D eigenvalue weighted by atomic mass is 9.87. The molecule has 0 saturated carbocycles. The highest BCUT2D eigenvalue weighted by molar-refractivity contribution is 6.32. The second kappa shape index (κ2) is 7.63. The van der Waals surface area contributed by atoms with Crippen LogP contribution in [0.3, 0.4) is 0 Å². The number of nitrogens with zero attached hydrogens (tertiary/aromatic N) is 1. The number of carbonyl (C=O) groups is 1. The lowest BCUT2D eigenvalue weighted by molar-refractivity contribution is 0.111. The Bertz CT molecular complexity index is 783. The van der Waals surface area contributed by atoms with E-state index in [1.165, 1.54) is 11.1 Å². The number of benzene rings is 1. The van der Waals surface area contributed by atoms with Crippen molar-refractivity contribution in [3.63, 3.8) is 0 Å². The van der Waals surface area contributed by atoms with Crippen molar-refractivity contribution in [3.8, 4) is 5.75 Å². The molecule has 0 radical (unpaired) electrons. The first-order valence-electron chi connectivity index (χ1n) is 8.20. The van der Waals surface area contributed by atoms with Gasteiger partial charge in [-0.25, -0.2) is 4.98 Å². The Balaban J connectivity index is 1.87. The molecule has 1 aromatic carbocycles. The fraction of sp³-hybridized carbons (Fsp3) is 0.300. The SMILES string of the molecule is Cc1ccc(OCC2=C(c3ccccc3Cl)CCCC2)c(C=O)n1. The fourth-order valence-corrected chi connectivity index (χ4v) is 3.34. The van der Waals surface area contributed by atoms with Gasteiger partial charge in [0.15, 0.2) is 6.29 Å². The number of pyridine rings is 1. The molecule has 0 N–H and O–H groups in total. The van der Waals surface area contributed by atoms with Crippen LogP contribution in [0.2, 0.25) is 5.02 Å². The quantitative estimate of drug-likeness (QED) is 0.696.